The number of halogens is 1. The number of aromatic nitrogens is 2. The molecule has 0 saturated carbocycles. The van der Waals surface area contributed by atoms with Crippen LogP contribution in [0.5, 0.6) is 0 Å². The van der Waals surface area contributed by atoms with Gasteiger partial charge in [-0.1, -0.05) is 34.1 Å². The maximum atomic E-state index is 12.2. The van der Waals surface area contributed by atoms with E-state index in [4.69, 9.17) is 0 Å². The fraction of sp³-hybridized carbons (Fsp3) is 0.222. The highest BCUT2D eigenvalue weighted by atomic mass is 79.9. The van der Waals surface area contributed by atoms with Crippen molar-refractivity contribution in [1.29, 1.82) is 0 Å². The molecule has 3 rings (SSSR count). The lowest BCUT2D eigenvalue weighted by atomic mass is 10.2. The van der Waals surface area contributed by atoms with Crippen LogP contribution in [0.3, 0.4) is 0 Å². The van der Waals surface area contributed by atoms with E-state index in [0.29, 0.717) is 19.5 Å². The van der Waals surface area contributed by atoms with Crippen LogP contribution in [0, 0.1) is 0 Å². The van der Waals surface area contributed by atoms with E-state index in [1.54, 1.807) is 11.9 Å². The third-order valence-electron chi connectivity index (χ3n) is 3.75. The molecular weight excluding hydrogens is 368 g/mol. The molecule has 0 aliphatic carbocycles. The normalized spacial score (nSPS) is 10.8. The number of nitrogens with one attached hydrogen (secondary N) is 1. The molecule has 1 aromatic carbocycles. The van der Waals surface area contributed by atoms with Crippen molar-refractivity contribution >= 4 is 27.6 Å². The van der Waals surface area contributed by atoms with Crippen molar-refractivity contribution in [3.05, 3.63) is 70.6 Å². The lowest BCUT2D eigenvalue weighted by molar-refractivity contribution is 0.207. The number of urea groups is 1. The van der Waals surface area contributed by atoms with Gasteiger partial charge in [0.25, 0.3) is 0 Å². The molecule has 1 N–H and O–H groups in total. The van der Waals surface area contributed by atoms with E-state index < -0.39 is 0 Å². The number of carbonyl (C=O) groups is 1. The van der Waals surface area contributed by atoms with Crippen molar-refractivity contribution in [2.45, 2.75) is 13.0 Å². The molecule has 3 aromatic rings. The van der Waals surface area contributed by atoms with E-state index in [0.717, 1.165) is 21.4 Å². The third-order valence-corrected chi connectivity index (χ3v) is 4.28. The average Bonchev–Trinajstić information content (AvgIpc) is 2.99. The van der Waals surface area contributed by atoms with Gasteiger partial charge in [0.1, 0.15) is 5.65 Å². The quantitative estimate of drug-likeness (QED) is 0.729. The Balaban J connectivity index is 1.48. The van der Waals surface area contributed by atoms with Crippen molar-refractivity contribution < 1.29 is 4.79 Å². The second-order valence-corrected chi connectivity index (χ2v) is 6.58. The monoisotopic (exact) mass is 386 g/mol. The molecule has 0 bridgehead atoms. The smallest absolute Gasteiger partial charge is 0.317 e. The highest BCUT2D eigenvalue weighted by molar-refractivity contribution is 9.10. The highest BCUT2D eigenvalue weighted by Gasteiger charge is 2.09. The van der Waals surface area contributed by atoms with E-state index >= 15 is 0 Å². The Kier molecular flexibility index (Phi) is 5.15. The molecule has 0 saturated heterocycles. The van der Waals surface area contributed by atoms with Gasteiger partial charge < -0.3 is 14.6 Å². The zero-order valence-corrected chi connectivity index (χ0v) is 15.0. The first-order valence-corrected chi connectivity index (χ1v) is 8.57. The van der Waals surface area contributed by atoms with Crippen molar-refractivity contribution in [3.63, 3.8) is 0 Å². The zero-order chi connectivity index (χ0) is 16.9. The number of amides is 2. The minimum Gasteiger partial charge on any atom is -0.338 e. The fourth-order valence-corrected chi connectivity index (χ4v) is 2.74. The first kappa shape index (κ1) is 16.5. The van der Waals surface area contributed by atoms with E-state index in [-0.39, 0.29) is 6.03 Å². The molecule has 124 valence electrons. The standard InChI is InChI=1S/C18H19BrN4O/c1-22(12-14-5-7-15(19)8-6-14)18(24)20-10-9-16-13-23-11-3-2-4-17(23)21-16/h2-8,11,13H,9-10,12H2,1H3,(H,20,24). The summed E-state index contributed by atoms with van der Waals surface area (Å²) in [7, 11) is 1.79. The largest absolute Gasteiger partial charge is 0.338 e. The van der Waals surface area contributed by atoms with Crippen LogP contribution < -0.4 is 5.32 Å². The number of imidazole rings is 1. The van der Waals surface area contributed by atoms with E-state index in [9.17, 15) is 4.79 Å². The van der Waals surface area contributed by atoms with Gasteiger partial charge in [-0.2, -0.15) is 0 Å². The molecule has 2 amide bonds. The second kappa shape index (κ2) is 7.49. The SMILES string of the molecule is CN(Cc1ccc(Br)cc1)C(=O)NCCc1cn2ccccc2n1. The third kappa shape index (κ3) is 4.14. The number of benzene rings is 1. The lowest BCUT2D eigenvalue weighted by Crippen LogP contribution is -2.37. The van der Waals surface area contributed by atoms with Gasteiger partial charge in [-0.3, -0.25) is 0 Å². The van der Waals surface area contributed by atoms with Crippen LogP contribution in [0.25, 0.3) is 5.65 Å². The Hall–Kier alpha value is -2.34. The van der Waals surface area contributed by atoms with E-state index in [2.05, 4.69) is 26.2 Å². The maximum Gasteiger partial charge on any atom is 0.317 e. The van der Waals surface area contributed by atoms with Gasteiger partial charge in [-0.15, -0.1) is 0 Å². The molecule has 2 aromatic heterocycles. The van der Waals surface area contributed by atoms with Crippen LogP contribution in [0.4, 0.5) is 4.79 Å². The molecule has 5 nitrogen and oxygen atoms in total. The Labute approximate surface area is 149 Å². The molecule has 0 spiro atoms. The summed E-state index contributed by atoms with van der Waals surface area (Å²) < 4.78 is 3.02. The minimum atomic E-state index is -0.0818. The van der Waals surface area contributed by atoms with Gasteiger partial charge in [0.15, 0.2) is 0 Å². The van der Waals surface area contributed by atoms with E-state index in [1.807, 2.05) is 59.3 Å². The van der Waals surface area contributed by atoms with Crippen LogP contribution in [0.2, 0.25) is 0 Å². The van der Waals surface area contributed by atoms with Crippen LogP contribution in [0.1, 0.15) is 11.3 Å². The topological polar surface area (TPSA) is 49.6 Å². The maximum absolute atomic E-state index is 12.2. The van der Waals surface area contributed by atoms with Gasteiger partial charge in [-0.05, 0) is 29.8 Å². The summed E-state index contributed by atoms with van der Waals surface area (Å²) in [6.07, 6.45) is 4.67. The fourth-order valence-electron chi connectivity index (χ4n) is 2.48. The first-order valence-electron chi connectivity index (χ1n) is 7.78. The van der Waals surface area contributed by atoms with E-state index in [1.165, 1.54) is 0 Å². The Bertz CT molecular complexity index is 795. The number of nitrogens with zero attached hydrogens (tertiary/aromatic N) is 3. The summed E-state index contributed by atoms with van der Waals surface area (Å²) in [5.41, 5.74) is 2.99. The number of fused-ring (bicyclic) bond motifs is 1. The summed E-state index contributed by atoms with van der Waals surface area (Å²) in [4.78, 5) is 18.4. The van der Waals surface area contributed by atoms with Gasteiger partial charge in [0.05, 0.1) is 5.69 Å². The molecule has 0 unspecified atom stereocenters. The molecule has 0 radical (unpaired) electrons. The summed E-state index contributed by atoms with van der Waals surface area (Å²) >= 11 is 3.41. The number of carbonyl (C=O) groups excluding carboxylic acids is 1. The van der Waals surface area contributed by atoms with Crippen LogP contribution in [-0.4, -0.2) is 33.9 Å². The number of rotatable bonds is 5. The number of pyridine rings is 1. The van der Waals surface area contributed by atoms with Crippen molar-refractivity contribution in [2.75, 3.05) is 13.6 Å². The van der Waals surface area contributed by atoms with Crippen molar-refractivity contribution in [2.24, 2.45) is 0 Å². The summed E-state index contributed by atoms with van der Waals surface area (Å²) in [6.45, 7) is 1.14. The lowest BCUT2D eigenvalue weighted by Gasteiger charge is -2.18. The molecule has 0 fully saturated rings. The number of hydrogen-bond acceptors (Lipinski definition) is 2. The predicted octanol–water partition coefficient (Wildman–Crippen LogP) is 3.48. The highest BCUT2D eigenvalue weighted by Crippen LogP contribution is 2.11. The molecule has 2 heterocycles. The van der Waals surface area contributed by atoms with Crippen LogP contribution in [0.15, 0.2) is 59.3 Å². The minimum absolute atomic E-state index is 0.0818. The first-order chi connectivity index (χ1) is 11.6. The summed E-state index contributed by atoms with van der Waals surface area (Å²) in [5.74, 6) is 0. The van der Waals surface area contributed by atoms with Gasteiger partial charge >= 0.3 is 6.03 Å². The average molecular weight is 387 g/mol. The molecule has 24 heavy (non-hydrogen) atoms. The predicted molar refractivity (Wildman–Crippen MR) is 97.9 cm³/mol. The number of hydrogen-bond donors (Lipinski definition) is 1. The zero-order valence-electron chi connectivity index (χ0n) is 13.4. The Morgan fingerprint density at radius 2 is 2.04 bits per heavy atom. The van der Waals surface area contributed by atoms with Crippen LogP contribution in [-0.2, 0) is 13.0 Å². The molecular formula is C18H19BrN4O. The molecule has 6 heteroatoms. The van der Waals surface area contributed by atoms with Gasteiger partial charge in [0, 0.05) is 43.4 Å². The second-order valence-electron chi connectivity index (χ2n) is 5.66. The van der Waals surface area contributed by atoms with Crippen molar-refractivity contribution in [1.82, 2.24) is 19.6 Å². The summed E-state index contributed by atoms with van der Waals surface area (Å²) in [5, 5.41) is 2.94. The molecule has 0 aliphatic rings. The van der Waals surface area contributed by atoms with Crippen molar-refractivity contribution in [3.8, 4) is 0 Å². The van der Waals surface area contributed by atoms with Gasteiger partial charge in [0.2, 0.25) is 0 Å². The Morgan fingerprint density at radius 3 is 2.79 bits per heavy atom. The van der Waals surface area contributed by atoms with Crippen LogP contribution >= 0.6 is 15.9 Å². The summed E-state index contributed by atoms with van der Waals surface area (Å²) in [6, 6.07) is 13.8. The van der Waals surface area contributed by atoms with Gasteiger partial charge in [-0.25, -0.2) is 9.78 Å². The Morgan fingerprint density at radius 1 is 1.25 bits per heavy atom. The molecule has 0 aliphatic heterocycles. The molecule has 0 atom stereocenters.